The van der Waals surface area contributed by atoms with E-state index < -0.39 is 21.4 Å². The highest BCUT2D eigenvalue weighted by atomic mass is 32.2. The molecule has 0 bridgehead atoms. The predicted octanol–water partition coefficient (Wildman–Crippen LogP) is 5.77. The van der Waals surface area contributed by atoms with Crippen molar-refractivity contribution >= 4 is 68.5 Å². The molecular weight excluding hydrogens is 509 g/mol. The van der Waals surface area contributed by atoms with Gasteiger partial charge >= 0.3 is 11.9 Å². The number of thioether (sulfide) groups is 2. The second kappa shape index (κ2) is 13.7. The summed E-state index contributed by atoms with van der Waals surface area (Å²) >= 11 is 13.5. The van der Waals surface area contributed by atoms with Gasteiger partial charge in [-0.25, -0.2) is 0 Å². The number of carbonyl (C=O) groups is 2. The lowest BCUT2D eigenvalue weighted by molar-refractivity contribution is -0.137. The SMILES string of the molecule is CCN(CC)C(=S)SC(C)(C)C(=O)Oc1ccc(OC(=O)C(C)(C)SC(=S)N(CC)CC)cc1. The summed E-state index contributed by atoms with van der Waals surface area (Å²) in [7, 11) is 0. The largest absolute Gasteiger partial charge is 0.426 e. The van der Waals surface area contributed by atoms with Crippen molar-refractivity contribution in [1.82, 2.24) is 9.80 Å². The van der Waals surface area contributed by atoms with E-state index in [4.69, 9.17) is 33.9 Å². The van der Waals surface area contributed by atoms with Crippen molar-refractivity contribution in [3.8, 4) is 11.5 Å². The van der Waals surface area contributed by atoms with Crippen molar-refractivity contribution in [2.75, 3.05) is 26.2 Å². The minimum absolute atomic E-state index is 0.364. The van der Waals surface area contributed by atoms with Crippen molar-refractivity contribution in [3.05, 3.63) is 24.3 Å². The first-order valence-electron chi connectivity index (χ1n) is 11.3. The fraction of sp³-hybridized carbons (Fsp3) is 0.583. The van der Waals surface area contributed by atoms with Crippen molar-refractivity contribution in [3.63, 3.8) is 0 Å². The molecule has 0 aliphatic carbocycles. The molecule has 6 nitrogen and oxygen atoms in total. The molecule has 0 spiro atoms. The van der Waals surface area contributed by atoms with E-state index in [-0.39, 0.29) is 0 Å². The van der Waals surface area contributed by atoms with Gasteiger partial charge in [-0.3, -0.25) is 9.59 Å². The first-order valence-corrected chi connectivity index (χ1v) is 13.8. The topological polar surface area (TPSA) is 59.1 Å². The lowest BCUT2D eigenvalue weighted by Gasteiger charge is -2.28. The monoisotopic (exact) mass is 544 g/mol. The Bertz CT molecular complexity index is 793. The maximum Gasteiger partial charge on any atom is 0.327 e. The lowest BCUT2D eigenvalue weighted by atomic mass is 10.2. The number of rotatable bonds is 10. The molecule has 0 fully saturated rings. The van der Waals surface area contributed by atoms with Crippen LogP contribution in [0.1, 0.15) is 55.4 Å². The van der Waals surface area contributed by atoms with Crippen LogP contribution in [0, 0.1) is 0 Å². The number of hydrogen-bond donors (Lipinski definition) is 0. The molecule has 1 aromatic carbocycles. The van der Waals surface area contributed by atoms with Crippen LogP contribution >= 0.6 is 48.0 Å². The van der Waals surface area contributed by atoms with Crippen LogP contribution in [0.5, 0.6) is 11.5 Å². The van der Waals surface area contributed by atoms with Gasteiger partial charge in [-0.1, -0.05) is 48.0 Å². The Kier molecular flexibility index (Phi) is 12.3. The van der Waals surface area contributed by atoms with Gasteiger partial charge in [-0.2, -0.15) is 0 Å². The minimum atomic E-state index is -0.852. The van der Waals surface area contributed by atoms with E-state index in [0.717, 1.165) is 26.2 Å². The van der Waals surface area contributed by atoms with Gasteiger partial charge in [0, 0.05) is 26.2 Å². The zero-order valence-corrected chi connectivity index (χ0v) is 24.6. The third-order valence-electron chi connectivity index (χ3n) is 4.96. The van der Waals surface area contributed by atoms with E-state index in [9.17, 15) is 9.59 Å². The van der Waals surface area contributed by atoms with Crippen LogP contribution < -0.4 is 9.47 Å². The number of thiocarbonyl (C=S) groups is 2. The van der Waals surface area contributed by atoms with Crippen LogP contribution in [-0.2, 0) is 9.59 Å². The highest BCUT2D eigenvalue weighted by molar-refractivity contribution is 8.24. The van der Waals surface area contributed by atoms with Gasteiger partial charge in [0.05, 0.1) is 0 Å². The van der Waals surface area contributed by atoms with Crippen LogP contribution in [0.3, 0.4) is 0 Å². The summed E-state index contributed by atoms with van der Waals surface area (Å²) in [6.07, 6.45) is 0. The van der Waals surface area contributed by atoms with Crippen LogP contribution in [0.15, 0.2) is 24.3 Å². The van der Waals surface area contributed by atoms with Gasteiger partial charge in [-0.15, -0.1) is 0 Å². The number of carbonyl (C=O) groups excluding carboxylic acids is 2. The molecule has 10 heteroatoms. The third kappa shape index (κ3) is 9.02. The van der Waals surface area contributed by atoms with Gasteiger partial charge in [0.1, 0.15) is 29.6 Å². The zero-order valence-electron chi connectivity index (χ0n) is 21.3. The molecule has 0 saturated carbocycles. The molecule has 0 N–H and O–H groups in total. The first-order chi connectivity index (χ1) is 15.8. The van der Waals surface area contributed by atoms with E-state index in [0.29, 0.717) is 20.1 Å². The second-order valence-electron chi connectivity index (χ2n) is 8.35. The molecule has 0 amide bonds. The van der Waals surface area contributed by atoms with Gasteiger partial charge in [-0.05, 0) is 79.7 Å². The highest BCUT2D eigenvalue weighted by Crippen LogP contribution is 2.32. The van der Waals surface area contributed by atoms with Crippen LogP contribution in [0.4, 0.5) is 0 Å². The van der Waals surface area contributed by atoms with Gasteiger partial charge in [0.2, 0.25) is 0 Å². The summed E-state index contributed by atoms with van der Waals surface area (Å²) < 4.78 is 10.7. The smallest absolute Gasteiger partial charge is 0.327 e. The van der Waals surface area contributed by atoms with E-state index in [2.05, 4.69) is 0 Å². The fourth-order valence-corrected chi connectivity index (χ4v) is 6.31. The summed E-state index contributed by atoms with van der Waals surface area (Å²) in [6.45, 7) is 18.4. The standard InChI is InChI=1S/C24H36N2O4S4/c1-9-25(10-2)21(31)33-23(5,6)19(27)29-17-13-15-18(16-14-17)30-20(28)24(7,8)34-22(32)26(11-3)12-4/h13-16H,9-12H2,1-8H3. The van der Waals surface area contributed by atoms with E-state index in [1.165, 1.54) is 23.5 Å². The molecule has 0 atom stereocenters. The number of nitrogens with zero attached hydrogens (tertiary/aromatic N) is 2. The molecule has 0 aliphatic rings. The fourth-order valence-electron chi connectivity index (χ4n) is 2.65. The molecule has 0 aliphatic heterocycles. The maximum absolute atomic E-state index is 12.7. The van der Waals surface area contributed by atoms with Crippen molar-refractivity contribution in [1.29, 1.82) is 0 Å². The predicted molar refractivity (Wildman–Crippen MR) is 152 cm³/mol. The Morgan fingerprint density at radius 3 is 1.21 bits per heavy atom. The van der Waals surface area contributed by atoms with Gasteiger partial charge < -0.3 is 19.3 Å². The van der Waals surface area contributed by atoms with Crippen molar-refractivity contribution in [2.45, 2.75) is 64.9 Å². The van der Waals surface area contributed by atoms with Gasteiger partial charge in [0.25, 0.3) is 0 Å². The molecule has 0 aromatic heterocycles. The van der Waals surface area contributed by atoms with Crippen molar-refractivity contribution in [2.24, 2.45) is 0 Å². The highest BCUT2D eigenvalue weighted by Gasteiger charge is 2.34. The molecule has 190 valence electrons. The molecule has 1 aromatic rings. The molecule has 0 radical (unpaired) electrons. The summed E-state index contributed by atoms with van der Waals surface area (Å²) in [6, 6.07) is 6.41. The summed E-state index contributed by atoms with van der Waals surface area (Å²) in [5.74, 6) is -0.0782. The van der Waals surface area contributed by atoms with Crippen molar-refractivity contribution < 1.29 is 19.1 Å². The normalized spacial score (nSPS) is 11.5. The maximum atomic E-state index is 12.7. The second-order valence-corrected chi connectivity index (χ2v) is 12.9. The Hall–Kier alpha value is -1.36. The zero-order chi connectivity index (χ0) is 26.1. The summed E-state index contributed by atoms with van der Waals surface area (Å²) in [5, 5.41) is 0. The van der Waals surface area contributed by atoms with Gasteiger partial charge in [0.15, 0.2) is 0 Å². The quantitative estimate of drug-likeness (QED) is 0.206. The molecule has 0 saturated heterocycles. The Labute approximate surface area is 223 Å². The molecule has 0 heterocycles. The van der Waals surface area contributed by atoms with E-state index in [1.54, 1.807) is 52.0 Å². The lowest BCUT2D eigenvalue weighted by Crippen LogP contribution is -2.37. The average Bonchev–Trinajstić information content (AvgIpc) is 2.76. The summed E-state index contributed by atoms with van der Waals surface area (Å²) in [5.41, 5.74) is 0. The number of hydrogen-bond acceptors (Lipinski definition) is 8. The molecular formula is C24H36N2O4S4. The van der Waals surface area contributed by atoms with Crippen LogP contribution in [0.2, 0.25) is 0 Å². The number of benzene rings is 1. The average molecular weight is 545 g/mol. The minimum Gasteiger partial charge on any atom is -0.426 e. The molecule has 34 heavy (non-hydrogen) atoms. The van der Waals surface area contributed by atoms with E-state index >= 15 is 0 Å². The summed E-state index contributed by atoms with van der Waals surface area (Å²) in [4.78, 5) is 29.5. The Morgan fingerprint density at radius 2 is 0.971 bits per heavy atom. The third-order valence-corrected chi connectivity index (χ3v) is 8.19. The van der Waals surface area contributed by atoms with Crippen LogP contribution in [0.25, 0.3) is 0 Å². The number of esters is 2. The number of ether oxygens (including phenoxy) is 2. The molecule has 1 rings (SSSR count). The van der Waals surface area contributed by atoms with E-state index in [1.807, 2.05) is 37.5 Å². The Morgan fingerprint density at radius 1 is 0.706 bits per heavy atom. The molecule has 0 unspecified atom stereocenters. The Balaban J connectivity index is 2.76. The van der Waals surface area contributed by atoms with Crippen LogP contribution in [-0.4, -0.2) is 66.1 Å². The first kappa shape index (κ1) is 30.7.